The molecule has 1 fully saturated rings. The third-order valence-corrected chi connectivity index (χ3v) is 2.89. The van der Waals surface area contributed by atoms with Gasteiger partial charge in [-0.25, -0.2) is 4.79 Å². The van der Waals surface area contributed by atoms with Crippen LogP contribution in [0.3, 0.4) is 0 Å². The number of ether oxygens (including phenoxy) is 1. The standard InChI is InChI=1S/C13H26N2O2/c1-13(2,3)17-12(16)15-8-6-11(7-9-15)10-14(4)5/h11H,6-10H2,1-5H3. The summed E-state index contributed by atoms with van der Waals surface area (Å²) in [6.07, 6.45) is 2.00. The van der Waals surface area contributed by atoms with Crippen molar-refractivity contribution in [1.82, 2.24) is 9.80 Å². The SMILES string of the molecule is CN(C)CC1CCN(C(=O)OC(C)(C)C)CC1. The van der Waals surface area contributed by atoms with Gasteiger partial charge >= 0.3 is 6.09 Å². The van der Waals surface area contributed by atoms with Crippen LogP contribution in [0.1, 0.15) is 33.6 Å². The Bertz CT molecular complexity index is 251. The largest absolute Gasteiger partial charge is 0.444 e. The predicted octanol–water partition coefficient (Wildman–Crippen LogP) is 2.20. The maximum absolute atomic E-state index is 11.8. The van der Waals surface area contributed by atoms with Crippen LogP contribution in [0.15, 0.2) is 0 Å². The lowest BCUT2D eigenvalue weighted by atomic mass is 9.97. The van der Waals surface area contributed by atoms with Crippen molar-refractivity contribution in [3.05, 3.63) is 0 Å². The Balaban J connectivity index is 2.34. The summed E-state index contributed by atoms with van der Waals surface area (Å²) in [4.78, 5) is 15.9. The van der Waals surface area contributed by atoms with E-state index in [0.29, 0.717) is 5.92 Å². The van der Waals surface area contributed by atoms with Crippen molar-refractivity contribution >= 4 is 6.09 Å². The highest BCUT2D eigenvalue weighted by Gasteiger charge is 2.26. The lowest BCUT2D eigenvalue weighted by Gasteiger charge is -2.34. The van der Waals surface area contributed by atoms with Crippen molar-refractivity contribution in [3.8, 4) is 0 Å². The fourth-order valence-corrected chi connectivity index (χ4v) is 2.14. The molecule has 0 spiro atoms. The molecule has 4 heteroatoms. The van der Waals surface area contributed by atoms with Crippen LogP contribution in [0, 0.1) is 5.92 Å². The van der Waals surface area contributed by atoms with Gasteiger partial charge in [0.1, 0.15) is 5.60 Å². The van der Waals surface area contributed by atoms with Gasteiger partial charge < -0.3 is 14.5 Å². The van der Waals surface area contributed by atoms with Gasteiger partial charge in [0.2, 0.25) is 0 Å². The number of piperidine rings is 1. The summed E-state index contributed by atoms with van der Waals surface area (Å²) in [5.74, 6) is 0.712. The minimum atomic E-state index is -0.391. The van der Waals surface area contributed by atoms with E-state index < -0.39 is 5.60 Å². The Morgan fingerprint density at radius 3 is 2.24 bits per heavy atom. The van der Waals surface area contributed by atoms with Crippen molar-refractivity contribution in [2.45, 2.75) is 39.2 Å². The van der Waals surface area contributed by atoms with Gasteiger partial charge in [0.05, 0.1) is 0 Å². The molecule has 0 aromatic heterocycles. The van der Waals surface area contributed by atoms with Gasteiger partial charge in [-0.05, 0) is 53.6 Å². The molecule has 0 atom stereocenters. The third-order valence-electron chi connectivity index (χ3n) is 2.89. The molecular weight excluding hydrogens is 216 g/mol. The Labute approximate surface area is 105 Å². The van der Waals surface area contributed by atoms with Crippen LogP contribution in [-0.4, -0.2) is 55.2 Å². The number of hydrogen-bond acceptors (Lipinski definition) is 3. The predicted molar refractivity (Wildman–Crippen MR) is 69.1 cm³/mol. The van der Waals surface area contributed by atoms with E-state index in [9.17, 15) is 4.79 Å². The Morgan fingerprint density at radius 1 is 1.29 bits per heavy atom. The summed E-state index contributed by atoms with van der Waals surface area (Å²) in [5.41, 5.74) is -0.391. The van der Waals surface area contributed by atoms with Crippen LogP contribution in [0.2, 0.25) is 0 Å². The van der Waals surface area contributed by atoms with Gasteiger partial charge in [0.15, 0.2) is 0 Å². The van der Waals surface area contributed by atoms with Crippen LogP contribution in [0.25, 0.3) is 0 Å². The average Bonchev–Trinajstić information content (AvgIpc) is 2.15. The van der Waals surface area contributed by atoms with Crippen LogP contribution in [0.4, 0.5) is 4.79 Å². The molecule has 0 radical (unpaired) electrons. The molecule has 1 aliphatic rings. The smallest absolute Gasteiger partial charge is 0.410 e. The van der Waals surface area contributed by atoms with Gasteiger partial charge in [-0.15, -0.1) is 0 Å². The molecule has 0 bridgehead atoms. The highest BCUT2D eigenvalue weighted by atomic mass is 16.6. The maximum Gasteiger partial charge on any atom is 0.410 e. The molecule has 0 aromatic carbocycles. The zero-order chi connectivity index (χ0) is 13.1. The highest BCUT2D eigenvalue weighted by Crippen LogP contribution is 2.19. The highest BCUT2D eigenvalue weighted by molar-refractivity contribution is 5.68. The van der Waals surface area contributed by atoms with Gasteiger partial charge in [-0.1, -0.05) is 0 Å². The second-order valence-electron chi connectivity index (χ2n) is 6.17. The summed E-state index contributed by atoms with van der Waals surface area (Å²) in [6, 6.07) is 0. The minimum absolute atomic E-state index is 0.166. The topological polar surface area (TPSA) is 32.8 Å². The number of carbonyl (C=O) groups excluding carboxylic acids is 1. The van der Waals surface area contributed by atoms with E-state index in [0.717, 1.165) is 32.5 Å². The molecule has 17 heavy (non-hydrogen) atoms. The van der Waals surface area contributed by atoms with Gasteiger partial charge in [0.25, 0.3) is 0 Å². The molecule has 1 aliphatic heterocycles. The van der Waals surface area contributed by atoms with Crippen LogP contribution < -0.4 is 0 Å². The van der Waals surface area contributed by atoms with Crippen molar-refractivity contribution in [1.29, 1.82) is 0 Å². The van der Waals surface area contributed by atoms with E-state index in [1.165, 1.54) is 0 Å². The van der Waals surface area contributed by atoms with E-state index in [1.807, 2.05) is 25.7 Å². The summed E-state index contributed by atoms with van der Waals surface area (Å²) >= 11 is 0. The monoisotopic (exact) mass is 242 g/mol. The number of likely N-dealkylation sites (tertiary alicyclic amines) is 1. The lowest BCUT2D eigenvalue weighted by Crippen LogP contribution is -2.43. The Hall–Kier alpha value is -0.770. The van der Waals surface area contributed by atoms with E-state index in [2.05, 4.69) is 19.0 Å². The number of carbonyl (C=O) groups is 1. The van der Waals surface area contributed by atoms with Crippen LogP contribution in [0.5, 0.6) is 0 Å². The summed E-state index contributed by atoms with van der Waals surface area (Å²) in [5, 5.41) is 0. The second-order valence-corrected chi connectivity index (χ2v) is 6.17. The molecule has 0 N–H and O–H groups in total. The average molecular weight is 242 g/mol. The first kappa shape index (κ1) is 14.3. The molecule has 0 aromatic rings. The molecule has 0 unspecified atom stereocenters. The molecule has 0 saturated carbocycles. The normalized spacial score (nSPS) is 18.6. The fraction of sp³-hybridized carbons (Fsp3) is 0.923. The van der Waals surface area contributed by atoms with E-state index in [-0.39, 0.29) is 6.09 Å². The third kappa shape index (κ3) is 5.39. The zero-order valence-electron chi connectivity index (χ0n) is 11.8. The molecule has 1 amide bonds. The van der Waals surface area contributed by atoms with Crippen molar-refractivity contribution < 1.29 is 9.53 Å². The maximum atomic E-state index is 11.8. The van der Waals surface area contributed by atoms with Gasteiger partial charge in [-0.3, -0.25) is 0 Å². The van der Waals surface area contributed by atoms with E-state index in [1.54, 1.807) is 0 Å². The summed E-state index contributed by atoms with van der Waals surface area (Å²) in [6.45, 7) is 8.49. The van der Waals surface area contributed by atoms with Crippen molar-refractivity contribution in [2.24, 2.45) is 5.92 Å². The first-order valence-corrected chi connectivity index (χ1v) is 6.40. The molecular formula is C13H26N2O2. The quantitative estimate of drug-likeness (QED) is 0.744. The zero-order valence-corrected chi connectivity index (χ0v) is 11.8. The van der Waals surface area contributed by atoms with Crippen LogP contribution in [-0.2, 0) is 4.74 Å². The molecule has 0 aliphatic carbocycles. The molecule has 100 valence electrons. The second kappa shape index (κ2) is 5.71. The summed E-state index contributed by atoms with van der Waals surface area (Å²) < 4.78 is 5.37. The first-order chi connectivity index (χ1) is 7.78. The molecule has 4 nitrogen and oxygen atoms in total. The minimum Gasteiger partial charge on any atom is -0.444 e. The van der Waals surface area contributed by atoms with E-state index >= 15 is 0 Å². The number of nitrogens with zero attached hydrogens (tertiary/aromatic N) is 2. The fourth-order valence-electron chi connectivity index (χ4n) is 2.14. The number of hydrogen-bond donors (Lipinski definition) is 0. The lowest BCUT2D eigenvalue weighted by molar-refractivity contribution is 0.0176. The summed E-state index contributed by atoms with van der Waals surface area (Å²) in [7, 11) is 4.19. The number of rotatable bonds is 2. The van der Waals surface area contributed by atoms with Crippen LogP contribution >= 0.6 is 0 Å². The molecule has 1 saturated heterocycles. The molecule has 1 rings (SSSR count). The van der Waals surface area contributed by atoms with E-state index in [4.69, 9.17) is 4.74 Å². The Morgan fingerprint density at radius 2 is 1.82 bits per heavy atom. The van der Waals surface area contributed by atoms with Gasteiger partial charge in [-0.2, -0.15) is 0 Å². The van der Waals surface area contributed by atoms with Crippen molar-refractivity contribution in [2.75, 3.05) is 33.7 Å². The Kier molecular flexibility index (Phi) is 4.80. The first-order valence-electron chi connectivity index (χ1n) is 6.40. The molecule has 1 heterocycles. The van der Waals surface area contributed by atoms with Crippen molar-refractivity contribution in [3.63, 3.8) is 0 Å². The van der Waals surface area contributed by atoms with Gasteiger partial charge in [0, 0.05) is 19.6 Å². The number of amides is 1.